The number of rotatable bonds is 0. The molecule has 2 N–H and O–H groups in total. The molecule has 2 aliphatic heterocycles. The summed E-state index contributed by atoms with van der Waals surface area (Å²) in [4.78, 5) is 0. The van der Waals surface area contributed by atoms with Crippen LogP contribution in [0, 0.1) is 46.3 Å². The highest BCUT2D eigenvalue weighted by molar-refractivity contribution is 5.17. The van der Waals surface area contributed by atoms with E-state index in [1.807, 2.05) is 0 Å². The van der Waals surface area contributed by atoms with Crippen molar-refractivity contribution < 1.29 is 19.7 Å². The molecule has 0 aromatic rings. The van der Waals surface area contributed by atoms with Gasteiger partial charge in [0.1, 0.15) is 0 Å². The van der Waals surface area contributed by atoms with Crippen molar-refractivity contribution in [3.05, 3.63) is 0 Å². The van der Waals surface area contributed by atoms with Crippen LogP contribution >= 0.6 is 0 Å². The van der Waals surface area contributed by atoms with Crippen LogP contribution < -0.4 is 0 Å². The number of ether oxygens (including phenoxy) is 2. The fourth-order valence-corrected chi connectivity index (χ4v) is 10.2. The molecule has 4 heteroatoms. The van der Waals surface area contributed by atoms with Gasteiger partial charge in [0.05, 0.1) is 24.4 Å². The van der Waals surface area contributed by atoms with E-state index in [0.29, 0.717) is 53.4 Å². The van der Waals surface area contributed by atoms with Crippen LogP contribution in [0.25, 0.3) is 0 Å². The van der Waals surface area contributed by atoms with E-state index in [2.05, 4.69) is 27.7 Å². The van der Waals surface area contributed by atoms with Crippen molar-refractivity contribution in [2.45, 2.75) is 115 Å². The molecular formula is C27H44O4. The van der Waals surface area contributed by atoms with Crippen LogP contribution in [0.1, 0.15) is 91.9 Å². The fraction of sp³-hybridized carbons (Fsp3) is 1.00. The Morgan fingerprint density at radius 2 is 1.71 bits per heavy atom. The van der Waals surface area contributed by atoms with Crippen LogP contribution in [0.3, 0.4) is 0 Å². The standard InChI is InChI=1S/C27H44O4/c1-16-5-12-27(30-15-16)17(2)23-22(31-27)13-21-19-7-11-26(29)14-18(28)6-10-25(26,4)20(19)8-9-24(21,23)3/h16-23,28-29H,5-15H2,1-4H3/t16-,17+,18+,19-,20+,21+,22+,23+,24+,25-,26-,27-/m1/s1. The molecule has 4 aliphatic carbocycles. The van der Waals surface area contributed by atoms with Crippen molar-refractivity contribution >= 4 is 0 Å². The predicted molar refractivity (Wildman–Crippen MR) is 119 cm³/mol. The second-order valence-corrected chi connectivity index (χ2v) is 13.3. The molecule has 0 unspecified atom stereocenters. The summed E-state index contributed by atoms with van der Waals surface area (Å²) < 4.78 is 13.3. The molecular weight excluding hydrogens is 388 g/mol. The van der Waals surface area contributed by atoms with Gasteiger partial charge in [-0.3, -0.25) is 0 Å². The summed E-state index contributed by atoms with van der Waals surface area (Å²) in [6.45, 7) is 10.5. The Hall–Kier alpha value is -0.160. The maximum atomic E-state index is 11.7. The second-order valence-electron chi connectivity index (χ2n) is 13.3. The molecule has 2 heterocycles. The molecule has 1 spiro atoms. The molecule has 4 saturated carbocycles. The molecule has 6 aliphatic rings. The minimum absolute atomic E-state index is 0.0372. The third kappa shape index (κ3) is 2.68. The molecule has 6 fully saturated rings. The molecule has 0 aromatic heterocycles. The highest BCUT2D eigenvalue weighted by Gasteiger charge is 2.70. The van der Waals surface area contributed by atoms with Crippen molar-refractivity contribution in [2.24, 2.45) is 46.3 Å². The van der Waals surface area contributed by atoms with Crippen LogP contribution in [-0.4, -0.2) is 40.4 Å². The number of aliphatic hydroxyl groups excluding tert-OH is 1. The van der Waals surface area contributed by atoms with Gasteiger partial charge in [0.15, 0.2) is 5.79 Å². The van der Waals surface area contributed by atoms with Gasteiger partial charge in [-0.1, -0.05) is 27.7 Å². The van der Waals surface area contributed by atoms with E-state index in [1.165, 1.54) is 25.7 Å². The summed E-state index contributed by atoms with van der Waals surface area (Å²) in [5, 5.41) is 22.0. The van der Waals surface area contributed by atoms with Crippen molar-refractivity contribution in [1.29, 1.82) is 0 Å². The minimum Gasteiger partial charge on any atom is -0.393 e. The Morgan fingerprint density at radius 3 is 2.45 bits per heavy atom. The zero-order chi connectivity index (χ0) is 21.8. The van der Waals surface area contributed by atoms with Gasteiger partial charge in [-0.15, -0.1) is 0 Å². The molecule has 176 valence electrons. The Balaban J connectivity index is 1.27. The Morgan fingerprint density at radius 1 is 0.903 bits per heavy atom. The van der Waals surface area contributed by atoms with Gasteiger partial charge in [0, 0.05) is 18.8 Å². The van der Waals surface area contributed by atoms with Crippen molar-refractivity contribution in [3.63, 3.8) is 0 Å². The summed E-state index contributed by atoms with van der Waals surface area (Å²) in [7, 11) is 0. The molecule has 12 atom stereocenters. The topological polar surface area (TPSA) is 58.9 Å². The zero-order valence-electron chi connectivity index (χ0n) is 20.1. The van der Waals surface area contributed by atoms with E-state index in [9.17, 15) is 10.2 Å². The largest absolute Gasteiger partial charge is 0.393 e. The number of fused-ring (bicyclic) bond motifs is 7. The van der Waals surface area contributed by atoms with Gasteiger partial charge in [-0.2, -0.15) is 0 Å². The fourth-order valence-electron chi connectivity index (χ4n) is 10.2. The summed E-state index contributed by atoms with van der Waals surface area (Å²) in [5.74, 6) is 3.39. The van der Waals surface area contributed by atoms with Crippen LogP contribution in [0.15, 0.2) is 0 Å². The SMILES string of the molecule is C[C@@H]1CC[C@@]2(OC1)O[C@H]1C[C@H]3[C@@H]4CC[C@@]5(O)C[C@@H](O)CC[C@]5(C)[C@H]4CC[C@]3(C)[C@H]1[C@@H]2C. The molecule has 31 heavy (non-hydrogen) atoms. The van der Waals surface area contributed by atoms with Gasteiger partial charge in [0.25, 0.3) is 0 Å². The first-order valence-electron chi connectivity index (χ1n) is 13.3. The van der Waals surface area contributed by atoms with Gasteiger partial charge in [-0.25, -0.2) is 0 Å². The zero-order valence-corrected chi connectivity index (χ0v) is 20.1. The normalized spacial score (nSPS) is 63.3. The quantitative estimate of drug-likeness (QED) is 0.571. The third-order valence-corrected chi connectivity index (χ3v) is 12.0. The minimum atomic E-state index is -0.672. The average Bonchev–Trinajstić information content (AvgIpc) is 3.16. The van der Waals surface area contributed by atoms with E-state index >= 15 is 0 Å². The third-order valence-electron chi connectivity index (χ3n) is 12.0. The summed E-state index contributed by atoms with van der Waals surface area (Å²) in [6.07, 6.45) is 10.4. The molecule has 6 rings (SSSR count). The molecule has 0 amide bonds. The van der Waals surface area contributed by atoms with E-state index in [1.54, 1.807) is 0 Å². The molecule has 2 saturated heterocycles. The number of aliphatic hydroxyl groups is 2. The van der Waals surface area contributed by atoms with Gasteiger partial charge in [-0.05, 0) is 91.8 Å². The van der Waals surface area contributed by atoms with E-state index in [0.717, 1.165) is 38.7 Å². The number of hydrogen-bond acceptors (Lipinski definition) is 4. The Labute approximate surface area is 188 Å². The molecule has 0 radical (unpaired) electrons. The van der Waals surface area contributed by atoms with E-state index in [4.69, 9.17) is 9.47 Å². The second kappa shape index (κ2) is 6.71. The molecule has 4 nitrogen and oxygen atoms in total. The van der Waals surface area contributed by atoms with Crippen LogP contribution in [-0.2, 0) is 9.47 Å². The monoisotopic (exact) mass is 432 g/mol. The molecule has 0 bridgehead atoms. The Bertz CT molecular complexity index is 731. The maximum Gasteiger partial charge on any atom is 0.171 e. The number of hydrogen-bond donors (Lipinski definition) is 2. The summed E-state index contributed by atoms with van der Waals surface area (Å²) in [6, 6.07) is 0. The Kier molecular flexibility index (Phi) is 4.62. The predicted octanol–water partition coefficient (Wildman–Crippen LogP) is 4.91. The first-order chi connectivity index (χ1) is 14.6. The van der Waals surface area contributed by atoms with Crippen molar-refractivity contribution in [1.82, 2.24) is 0 Å². The van der Waals surface area contributed by atoms with E-state index < -0.39 is 5.60 Å². The lowest BCUT2D eigenvalue weighted by Crippen LogP contribution is -2.63. The van der Waals surface area contributed by atoms with Crippen molar-refractivity contribution in [3.8, 4) is 0 Å². The summed E-state index contributed by atoms with van der Waals surface area (Å²) >= 11 is 0. The van der Waals surface area contributed by atoms with Crippen molar-refractivity contribution in [2.75, 3.05) is 6.61 Å². The van der Waals surface area contributed by atoms with Gasteiger partial charge >= 0.3 is 0 Å². The average molecular weight is 433 g/mol. The first-order valence-corrected chi connectivity index (χ1v) is 13.3. The van der Waals surface area contributed by atoms with Crippen LogP contribution in [0.5, 0.6) is 0 Å². The maximum absolute atomic E-state index is 11.7. The first kappa shape index (κ1) is 21.4. The van der Waals surface area contributed by atoms with Crippen LogP contribution in [0.2, 0.25) is 0 Å². The van der Waals surface area contributed by atoms with E-state index in [-0.39, 0.29) is 17.3 Å². The lowest BCUT2D eigenvalue weighted by atomic mass is 9.43. The van der Waals surface area contributed by atoms with Gasteiger partial charge in [0.2, 0.25) is 0 Å². The van der Waals surface area contributed by atoms with Crippen LogP contribution in [0.4, 0.5) is 0 Å². The lowest BCUT2D eigenvalue weighted by molar-refractivity contribution is -0.274. The highest BCUT2D eigenvalue weighted by atomic mass is 16.7. The van der Waals surface area contributed by atoms with Gasteiger partial charge < -0.3 is 19.7 Å². The smallest absolute Gasteiger partial charge is 0.171 e. The lowest BCUT2D eigenvalue weighted by Gasteiger charge is -2.64. The summed E-state index contributed by atoms with van der Waals surface area (Å²) in [5.41, 5.74) is -0.375. The molecule has 0 aromatic carbocycles. The highest BCUT2D eigenvalue weighted by Crippen LogP contribution is 2.71.